The van der Waals surface area contributed by atoms with Crippen LogP contribution >= 0.6 is 0 Å². The monoisotopic (exact) mass is 527 g/mol. The molecular weight excluding hydrogens is 494 g/mol. The van der Waals surface area contributed by atoms with Gasteiger partial charge in [-0.15, -0.1) is 0 Å². The molecule has 0 spiro atoms. The number of nitrogens with zero attached hydrogens (tertiary/aromatic N) is 2. The SMILES string of the molecule is CC(C)(C)OC(=O)n1ncc2ccc(NC(=O)c3cc(N)ccc3NC(=O)c3ccc(C(C)(C)C)cc3)cc21. The first kappa shape index (κ1) is 27.4. The Bertz CT molecular complexity index is 1560. The molecular formula is C30H33N5O4. The van der Waals surface area contributed by atoms with Crippen LogP contribution in [0.4, 0.5) is 21.9 Å². The molecule has 0 bridgehead atoms. The van der Waals surface area contributed by atoms with Gasteiger partial charge in [0.25, 0.3) is 11.8 Å². The number of carbonyl (C=O) groups is 3. The first-order valence-corrected chi connectivity index (χ1v) is 12.6. The number of nitrogens with two attached hydrogens (primary N) is 1. The highest BCUT2D eigenvalue weighted by Gasteiger charge is 2.21. The highest BCUT2D eigenvalue weighted by molar-refractivity contribution is 6.13. The summed E-state index contributed by atoms with van der Waals surface area (Å²) in [7, 11) is 0. The highest BCUT2D eigenvalue weighted by atomic mass is 16.6. The van der Waals surface area contributed by atoms with Gasteiger partial charge >= 0.3 is 6.09 Å². The van der Waals surface area contributed by atoms with Crippen molar-refractivity contribution in [3.8, 4) is 0 Å². The molecule has 0 saturated carbocycles. The quantitative estimate of drug-likeness (QED) is 0.271. The average molecular weight is 528 g/mol. The summed E-state index contributed by atoms with van der Waals surface area (Å²) in [4.78, 5) is 38.9. The van der Waals surface area contributed by atoms with Crippen molar-refractivity contribution in [1.82, 2.24) is 9.78 Å². The molecule has 9 heteroatoms. The number of amides is 2. The number of hydrogen-bond donors (Lipinski definition) is 3. The summed E-state index contributed by atoms with van der Waals surface area (Å²) in [5, 5.41) is 10.5. The predicted molar refractivity (Wildman–Crippen MR) is 153 cm³/mol. The van der Waals surface area contributed by atoms with Crippen molar-refractivity contribution in [1.29, 1.82) is 0 Å². The van der Waals surface area contributed by atoms with Crippen LogP contribution in [0.25, 0.3) is 10.9 Å². The lowest BCUT2D eigenvalue weighted by Crippen LogP contribution is -2.27. The largest absolute Gasteiger partial charge is 0.442 e. The molecule has 2 amide bonds. The Balaban J connectivity index is 1.57. The second-order valence-electron chi connectivity index (χ2n) is 11.4. The zero-order chi connectivity index (χ0) is 28.5. The van der Waals surface area contributed by atoms with Crippen LogP contribution in [0, 0.1) is 0 Å². The van der Waals surface area contributed by atoms with Crippen molar-refractivity contribution in [3.63, 3.8) is 0 Å². The van der Waals surface area contributed by atoms with Gasteiger partial charge in [0, 0.05) is 22.3 Å². The average Bonchev–Trinajstić information content (AvgIpc) is 3.27. The first-order chi connectivity index (χ1) is 18.2. The third-order valence-corrected chi connectivity index (χ3v) is 5.94. The molecule has 4 rings (SSSR count). The number of fused-ring (bicyclic) bond motifs is 1. The minimum atomic E-state index is -0.691. The molecule has 39 heavy (non-hydrogen) atoms. The van der Waals surface area contributed by atoms with E-state index in [0.717, 1.165) is 10.2 Å². The summed E-state index contributed by atoms with van der Waals surface area (Å²) in [6.07, 6.45) is 0.919. The number of hydrogen-bond acceptors (Lipinski definition) is 6. The molecule has 1 aromatic heterocycles. The van der Waals surface area contributed by atoms with Gasteiger partial charge in [0.05, 0.1) is 23.0 Å². The predicted octanol–water partition coefficient (Wildman–Crippen LogP) is 6.20. The van der Waals surface area contributed by atoms with E-state index in [-0.39, 0.29) is 16.9 Å². The third kappa shape index (κ3) is 6.43. The van der Waals surface area contributed by atoms with Crippen LogP contribution in [0.2, 0.25) is 0 Å². The maximum atomic E-state index is 13.3. The van der Waals surface area contributed by atoms with E-state index in [1.54, 1.807) is 69.4 Å². The molecule has 0 aliphatic carbocycles. The minimum absolute atomic E-state index is 0.0369. The van der Waals surface area contributed by atoms with Crippen LogP contribution in [0.15, 0.2) is 66.9 Å². The van der Waals surface area contributed by atoms with E-state index in [1.165, 1.54) is 6.07 Å². The Labute approximate surface area is 227 Å². The van der Waals surface area contributed by atoms with E-state index in [0.29, 0.717) is 33.5 Å². The first-order valence-electron chi connectivity index (χ1n) is 12.6. The number of nitrogens with one attached hydrogen (secondary N) is 2. The molecule has 0 unspecified atom stereocenters. The summed E-state index contributed by atoms with van der Waals surface area (Å²) >= 11 is 0. The van der Waals surface area contributed by atoms with Crippen LogP contribution in [-0.2, 0) is 10.2 Å². The number of aromatic nitrogens is 2. The van der Waals surface area contributed by atoms with Crippen LogP contribution in [-0.4, -0.2) is 33.3 Å². The number of benzene rings is 3. The van der Waals surface area contributed by atoms with E-state index in [4.69, 9.17) is 10.5 Å². The van der Waals surface area contributed by atoms with Crippen LogP contribution in [0.1, 0.15) is 67.8 Å². The van der Waals surface area contributed by atoms with E-state index in [9.17, 15) is 14.4 Å². The van der Waals surface area contributed by atoms with Crippen molar-refractivity contribution >= 4 is 45.9 Å². The highest BCUT2D eigenvalue weighted by Crippen LogP contribution is 2.26. The fourth-order valence-corrected chi connectivity index (χ4v) is 3.92. The molecule has 3 aromatic carbocycles. The standard InChI is InChI=1S/C30H33N5O4/c1-29(2,3)20-10-7-18(8-11-20)26(36)34-24-14-12-21(31)15-23(24)27(37)33-22-13-9-19-17-32-35(25(19)16-22)28(38)39-30(4,5)6/h7-17H,31H2,1-6H3,(H,33,37)(H,34,36). The van der Waals surface area contributed by atoms with E-state index in [2.05, 4.69) is 36.5 Å². The molecule has 1 heterocycles. The van der Waals surface area contributed by atoms with Crippen molar-refractivity contribution in [2.45, 2.75) is 52.6 Å². The zero-order valence-corrected chi connectivity index (χ0v) is 23.0. The summed E-state index contributed by atoms with van der Waals surface area (Å²) in [6.45, 7) is 11.6. The van der Waals surface area contributed by atoms with Gasteiger partial charge in [-0.1, -0.05) is 32.9 Å². The maximum Gasteiger partial charge on any atom is 0.435 e. The molecule has 202 valence electrons. The van der Waals surface area contributed by atoms with Crippen molar-refractivity contribution < 1.29 is 19.1 Å². The van der Waals surface area contributed by atoms with E-state index in [1.807, 2.05) is 12.1 Å². The van der Waals surface area contributed by atoms with Gasteiger partial charge in [0.2, 0.25) is 0 Å². The minimum Gasteiger partial charge on any atom is -0.442 e. The molecule has 0 aliphatic rings. The van der Waals surface area contributed by atoms with Crippen molar-refractivity contribution in [2.75, 3.05) is 16.4 Å². The van der Waals surface area contributed by atoms with Gasteiger partial charge in [0.15, 0.2) is 0 Å². The fraction of sp³-hybridized carbons (Fsp3) is 0.267. The Hall–Kier alpha value is -4.66. The molecule has 0 fully saturated rings. The maximum absolute atomic E-state index is 13.3. The Morgan fingerprint density at radius 3 is 2.18 bits per heavy atom. The summed E-state index contributed by atoms with van der Waals surface area (Å²) < 4.78 is 6.57. The van der Waals surface area contributed by atoms with E-state index < -0.39 is 17.6 Å². The smallest absolute Gasteiger partial charge is 0.435 e. The second kappa shape index (κ2) is 10.2. The number of anilines is 3. The summed E-state index contributed by atoms with van der Waals surface area (Å²) in [5.41, 5.74) is 8.58. The van der Waals surface area contributed by atoms with E-state index >= 15 is 0 Å². The van der Waals surface area contributed by atoms with Crippen molar-refractivity contribution in [3.05, 3.63) is 83.6 Å². The number of nitrogen functional groups attached to an aromatic ring is 1. The third-order valence-electron chi connectivity index (χ3n) is 5.94. The van der Waals surface area contributed by atoms with Gasteiger partial charge in [-0.25, -0.2) is 4.79 Å². The molecule has 4 N–H and O–H groups in total. The summed E-state index contributed by atoms with van der Waals surface area (Å²) in [6, 6.07) is 17.1. The van der Waals surface area contributed by atoms with Gasteiger partial charge in [0.1, 0.15) is 5.60 Å². The Morgan fingerprint density at radius 1 is 0.846 bits per heavy atom. The normalized spacial score (nSPS) is 11.7. The number of rotatable bonds is 4. The second-order valence-corrected chi connectivity index (χ2v) is 11.4. The number of ether oxygens (including phenoxy) is 1. The van der Waals surface area contributed by atoms with Gasteiger partial charge < -0.3 is 21.1 Å². The van der Waals surface area contributed by atoms with Gasteiger partial charge in [-0.2, -0.15) is 9.78 Å². The number of carbonyl (C=O) groups excluding carboxylic acids is 3. The summed E-state index contributed by atoms with van der Waals surface area (Å²) in [5.74, 6) is -0.833. The van der Waals surface area contributed by atoms with Crippen LogP contribution in [0.5, 0.6) is 0 Å². The lowest BCUT2D eigenvalue weighted by Gasteiger charge is -2.19. The molecule has 0 atom stereocenters. The molecule has 4 aromatic rings. The molecule has 0 saturated heterocycles. The lowest BCUT2D eigenvalue weighted by molar-refractivity contribution is 0.0522. The van der Waals surface area contributed by atoms with Crippen LogP contribution in [0.3, 0.4) is 0 Å². The molecule has 0 aliphatic heterocycles. The lowest BCUT2D eigenvalue weighted by atomic mass is 9.86. The Kier molecular flexibility index (Phi) is 7.19. The Morgan fingerprint density at radius 2 is 1.54 bits per heavy atom. The fourth-order valence-electron chi connectivity index (χ4n) is 3.92. The van der Waals surface area contributed by atoms with Crippen molar-refractivity contribution in [2.24, 2.45) is 0 Å². The van der Waals surface area contributed by atoms with Gasteiger partial charge in [-0.05, 0) is 80.3 Å². The topological polar surface area (TPSA) is 128 Å². The zero-order valence-electron chi connectivity index (χ0n) is 23.0. The molecule has 9 nitrogen and oxygen atoms in total. The van der Waals surface area contributed by atoms with Crippen LogP contribution < -0.4 is 16.4 Å². The van der Waals surface area contributed by atoms with Gasteiger partial charge in [-0.3, -0.25) is 9.59 Å². The molecule has 0 radical (unpaired) electrons.